The SMILES string of the molecule is B.c1ccc(P(c2ccccc2)c2ccccc2)cc1. The zero-order valence-corrected chi connectivity index (χ0v) is 11.5. The van der Waals surface area contributed by atoms with E-state index in [2.05, 4.69) is 91.0 Å². The van der Waals surface area contributed by atoms with Gasteiger partial charge in [0.15, 0.2) is 0 Å². The Morgan fingerprint density at radius 2 is 0.650 bits per heavy atom. The second-order valence-corrected chi connectivity index (χ2v) is 6.56. The summed E-state index contributed by atoms with van der Waals surface area (Å²) in [6.45, 7) is 0. The number of benzene rings is 3. The zero-order chi connectivity index (χ0) is 12.9. The van der Waals surface area contributed by atoms with Crippen LogP contribution in [0.4, 0.5) is 0 Å². The van der Waals surface area contributed by atoms with Crippen molar-refractivity contribution in [1.82, 2.24) is 0 Å². The Bertz CT molecular complexity index is 529. The molecular weight excluding hydrogens is 258 g/mol. The monoisotopic (exact) mass is 276 g/mol. The Hall–Kier alpha value is -1.85. The molecule has 20 heavy (non-hydrogen) atoms. The topological polar surface area (TPSA) is 0 Å². The van der Waals surface area contributed by atoms with Gasteiger partial charge in [-0.2, -0.15) is 0 Å². The van der Waals surface area contributed by atoms with Crippen molar-refractivity contribution in [2.24, 2.45) is 0 Å². The highest BCUT2D eigenvalue weighted by molar-refractivity contribution is 7.79. The Morgan fingerprint density at radius 3 is 0.900 bits per heavy atom. The summed E-state index contributed by atoms with van der Waals surface area (Å²) < 4.78 is 0. The molecule has 0 fully saturated rings. The Kier molecular flexibility index (Phi) is 5.15. The van der Waals surface area contributed by atoms with Gasteiger partial charge in [0.2, 0.25) is 0 Å². The van der Waals surface area contributed by atoms with Crippen LogP contribution in [0.2, 0.25) is 0 Å². The van der Waals surface area contributed by atoms with E-state index < -0.39 is 7.92 Å². The summed E-state index contributed by atoms with van der Waals surface area (Å²) in [7, 11) is -0.446. The molecule has 0 spiro atoms. The van der Waals surface area contributed by atoms with Gasteiger partial charge in [-0.3, -0.25) is 0 Å². The standard InChI is InChI=1S/C18H15P.BH3/c1-4-10-16(11-5-1)19(17-12-6-2-7-13-17)18-14-8-3-9-15-18;/h1-15H;1H3. The Labute approximate surface area is 123 Å². The minimum atomic E-state index is -0.446. The molecule has 3 rings (SSSR count). The minimum absolute atomic E-state index is 0. The second-order valence-electron chi connectivity index (χ2n) is 4.34. The average Bonchev–Trinajstić information content (AvgIpc) is 2.51. The van der Waals surface area contributed by atoms with Gasteiger partial charge in [-0.15, -0.1) is 0 Å². The molecule has 0 amide bonds. The van der Waals surface area contributed by atoms with E-state index in [9.17, 15) is 0 Å². The van der Waals surface area contributed by atoms with E-state index in [0.717, 1.165) is 0 Å². The van der Waals surface area contributed by atoms with Gasteiger partial charge in [0.25, 0.3) is 0 Å². The summed E-state index contributed by atoms with van der Waals surface area (Å²) in [5.74, 6) is 0. The Balaban J connectivity index is 0.00000147. The molecule has 0 nitrogen and oxygen atoms in total. The van der Waals surface area contributed by atoms with E-state index in [1.807, 2.05) is 0 Å². The highest BCUT2D eigenvalue weighted by Gasteiger charge is 2.14. The fourth-order valence-electron chi connectivity index (χ4n) is 2.18. The summed E-state index contributed by atoms with van der Waals surface area (Å²) in [6.07, 6.45) is 0. The Morgan fingerprint density at radius 1 is 0.400 bits per heavy atom. The molecule has 0 bridgehead atoms. The van der Waals surface area contributed by atoms with Crippen LogP contribution in [0.25, 0.3) is 0 Å². The lowest BCUT2D eigenvalue weighted by atomic mass is 10.4. The maximum absolute atomic E-state index is 2.23. The lowest BCUT2D eigenvalue weighted by Crippen LogP contribution is -2.20. The molecule has 0 unspecified atom stereocenters. The van der Waals surface area contributed by atoms with E-state index in [1.54, 1.807) is 0 Å². The smallest absolute Gasteiger partial charge is 0.0622 e. The molecule has 0 aliphatic rings. The highest BCUT2D eigenvalue weighted by Crippen LogP contribution is 2.32. The van der Waals surface area contributed by atoms with Crippen LogP contribution in [0.15, 0.2) is 91.0 Å². The lowest BCUT2D eigenvalue weighted by molar-refractivity contribution is 1.74. The number of hydrogen-bond donors (Lipinski definition) is 0. The molecule has 0 atom stereocenters. The van der Waals surface area contributed by atoms with E-state index in [1.165, 1.54) is 15.9 Å². The normalized spacial score (nSPS) is 10.1. The van der Waals surface area contributed by atoms with Crippen LogP contribution in [-0.4, -0.2) is 8.41 Å². The van der Waals surface area contributed by atoms with Gasteiger partial charge < -0.3 is 0 Å². The minimum Gasteiger partial charge on any atom is -0.0622 e. The average molecular weight is 276 g/mol. The van der Waals surface area contributed by atoms with Crippen LogP contribution < -0.4 is 15.9 Å². The molecule has 2 heteroatoms. The molecule has 98 valence electrons. The van der Waals surface area contributed by atoms with Crippen molar-refractivity contribution in [2.45, 2.75) is 0 Å². The lowest BCUT2D eigenvalue weighted by Gasteiger charge is -2.18. The van der Waals surface area contributed by atoms with Gasteiger partial charge in [-0.05, 0) is 23.8 Å². The van der Waals surface area contributed by atoms with Crippen molar-refractivity contribution in [3.8, 4) is 0 Å². The van der Waals surface area contributed by atoms with Crippen molar-refractivity contribution in [2.75, 3.05) is 0 Å². The highest BCUT2D eigenvalue weighted by atomic mass is 31.1. The summed E-state index contributed by atoms with van der Waals surface area (Å²) in [5.41, 5.74) is 0. The summed E-state index contributed by atoms with van der Waals surface area (Å²) in [6, 6.07) is 32.3. The second kappa shape index (κ2) is 7.08. The molecule has 0 aliphatic heterocycles. The maximum Gasteiger partial charge on any atom is 0.0814 e. The van der Waals surface area contributed by atoms with Gasteiger partial charge in [0.05, 0.1) is 8.41 Å². The quantitative estimate of drug-likeness (QED) is 0.508. The van der Waals surface area contributed by atoms with E-state index >= 15 is 0 Å². The van der Waals surface area contributed by atoms with E-state index in [0.29, 0.717) is 0 Å². The van der Waals surface area contributed by atoms with Gasteiger partial charge in [-0.25, -0.2) is 0 Å². The fraction of sp³-hybridized carbons (Fsp3) is 0. The molecule has 3 aromatic carbocycles. The predicted octanol–water partition coefficient (Wildman–Crippen LogP) is 2.26. The van der Waals surface area contributed by atoms with Gasteiger partial charge in [0, 0.05) is 0 Å². The van der Waals surface area contributed by atoms with Crippen molar-refractivity contribution in [1.29, 1.82) is 0 Å². The molecule has 0 radical (unpaired) electrons. The fourth-order valence-corrected chi connectivity index (χ4v) is 4.48. The van der Waals surface area contributed by atoms with E-state index in [4.69, 9.17) is 0 Å². The predicted molar refractivity (Wildman–Crippen MR) is 95.1 cm³/mol. The van der Waals surface area contributed by atoms with Crippen LogP contribution in [-0.2, 0) is 0 Å². The summed E-state index contributed by atoms with van der Waals surface area (Å²) in [5, 5.41) is 4.19. The summed E-state index contributed by atoms with van der Waals surface area (Å²) in [4.78, 5) is 0. The third kappa shape index (κ3) is 3.18. The van der Waals surface area contributed by atoms with Gasteiger partial charge in [-0.1, -0.05) is 91.0 Å². The van der Waals surface area contributed by atoms with Crippen LogP contribution in [0.5, 0.6) is 0 Å². The third-order valence-corrected chi connectivity index (χ3v) is 5.49. The number of rotatable bonds is 3. The number of hydrogen-bond acceptors (Lipinski definition) is 0. The third-order valence-electron chi connectivity index (χ3n) is 3.04. The molecule has 0 heterocycles. The van der Waals surface area contributed by atoms with Crippen molar-refractivity contribution >= 4 is 32.2 Å². The molecule has 3 aromatic rings. The van der Waals surface area contributed by atoms with Crippen LogP contribution in [0.1, 0.15) is 0 Å². The first kappa shape index (κ1) is 14.6. The first-order valence-electron chi connectivity index (χ1n) is 6.40. The molecule has 0 saturated carbocycles. The maximum atomic E-state index is 2.23. The zero-order valence-electron chi connectivity index (χ0n) is 10.6. The van der Waals surface area contributed by atoms with Gasteiger partial charge >= 0.3 is 0 Å². The van der Waals surface area contributed by atoms with Crippen molar-refractivity contribution < 1.29 is 0 Å². The first-order valence-corrected chi connectivity index (χ1v) is 7.74. The van der Waals surface area contributed by atoms with Crippen LogP contribution in [0.3, 0.4) is 0 Å². The molecule has 0 saturated heterocycles. The van der Waals surface area contributed by atoms with Crippen LogP contribution >= 0.6 is 7.92 Å². The molecule has 0 aromatic heterocycles. The molecule has 0 aliphatic carbocycles. The van der Waals surface area contributed by atoms with Gasteiger partial charge in [0.1, 0.15) is 0 Å². The van der Waals surface area contributed by atoms with Crippen LogP contribution in [0, 0.1) is 0 Å². The first-order chi connectivity index (χ1) is 9.45. The van der Waals surface area contributed by atoms with E-state index in [-0.39, 0.29) is 8.41 Å². The van der Waals surface area contributed by atoms with Crippen molar-refractivity contribution in [3.05, 3.63) is 91.0 Å². The summed E-state index contributed by atoms with van der Waals surface area (Å²) >= 11 is 0. The molecule has 0 N–H and O–H groups in total. The largest absolute Gasteiger partial charge is 0.0814 e. The van der Waals surface area contributed by atoms with Crippen molar-refractivity contribution in [3.63, 3.8) is 0 Å². The molecular formula is C18H18BP.